The molecule has 1 aliphatic heterocycles. The normalized spacial score (nSPS) is 15.9. The number of rotatable bonds is 1. The SMILES string of the molecule is O=C(c1ccc2nncn2c1)N1CCCC1. The summed E-state index contributed by atoms with van der Waals surface area (Å²) in [6, 6.07) is 3.63. The van der Waals surface area contributed by atoms with E-state index in [4.69, 9.17) is 0 Å². The molecule has 1 fully saturated rings. The van der Waals surface area contributed by atoms with Gasteiger partial charge in [0.15, 0.2) is 5.65 Å². The van der Waals surface area contributed by atoms with Gasteiger partial charge in [0.05, 0.1) is 5.56 Å². The van der Waals surface area contributed by atoms with Gasteiger partial charge in [-0.05, 0) is 25.0 Å². The molecule has 1 amide bonds. The first kappa shape index (κ1) is 9.33. The van der Waals surface area contributed by atoms with Crippen LogP contribution >= 0.6 is 0 Å². The van der Waals surface area contributed by atoms with Crippen LogP contribution in [0.2, 0.25) is 0 Å². The van der Waals surface area contributed by atoms with Crippen molar-refractivity contribution < 1.29 is 4.79 Å². The molecule has 0 bridgehead atoms. The number of hydrogen-bond donors (Lipinski definition) is 0. The number of fused-ring (bicyclic) bond motifs is 1. The van der Waals surface area contributed by atoms with Crippen LogP contribution in [0.5, 0.6) is 0 Å². The Balaban J connectivity index is 1.95. The number of amides is 1. The molecule has 5 heteroatoms. The summed E-state index contributed by atoms with van der Waals surface area (Å²) in [6.45, 7) is 1.75. The first-order valence-electron chi connectivity index (χ1n) is 5.43. The molecule has 16 heavy (non-hydrogen) atoms. The Morgan fingerprint density at radius 2 is 2.06 bits per heavy atom. The van der Waals surface area contributed by atoms with Crippen LogP contribution in [-0.2, 0) is 0 Å². The first-order chi connectivity index (χ1) is 7.84. The van der Waals surface area contributed by atoms with E-state index in [2.05, 4.69) is 10.2 Å². The zero-order valence-electron chi connectivity index (χ0n) is 8.83. The lowest BCUT2D eigenvalue weighted by molar-refractivity contribution is 0.0792. The van der Waals surface area contributed by atoms with Crippen LogP contribution in [0, 0.1) is 0 Å². The van der Waals surface area contributed by atoms with Crippen molar-refractivity contribution in [2.24, 2.45) is 0 Å². The van der Waals surface area contributed by atoms with E-state index in [-0.39, 0.29) is 5.91 Å². The zero-order valence-corrected chi connectivity index (χ0v) is 8.83. The second-order valence-corrected chi connectivity index (χ2v) is 4.01. The molecule has 1 saturated heterocycles. The van der Waals surface area contributed by atoms with Gasteiger partial charge in [-0.1, -0.05) is 0 Å². The monoisotopic (exact) mass is 216 g/mol. The molecule has 0 unspecified atom stereocenters. The molecule has 0 saturated carbocycles. The fraction of sp³-hybridized carbons (Fsp3) is 0.364. The third kappa shape index (κ3) is 1.44. The minimum absolute atomic E-state index is 0.105. The quantitative estimate of drug-likeness (QED) is 0.713. The lowest BCUT2D eigenvalue weighted by Crippen LogP contribution is -2.27. The minimum Gasteiger partial charge on any atom is -0.339 e. The Morgan fingerprint density at radius 1 is 1.25 bits per heavy atom. The molecule has 2 aromatic rings. The van der Waals surface area contributed by atoms with Crippen LogP contribution in [-0.4, -0.2) is 38.5 Å². The second kappa shape index (κ2) is 3.59. The third-order valence-corrected chi connectivity index (χ3v) is 2.93. The van der Waals surface area contributed by atoms with E-state index in [1.54, 1.807) is 16.9 Å². The third-order valence-electron chi connectivity index (χ3n) is 2.93. The number of pyridine rings is 1. The summed E-state index contributed by atoms with van der Waals surface area (Å²) >= 11 is 0. The standard InChI is InChI=1S/C11H12N4O/c16-11(14-5-1-2-6-14)9-3-4-10-13-12-8-15(10)7-9/h3-4,7-8H,1-2,5-6H2. The maximum absolute atomic E-state index is 12.1. The summed E-state index contributed by atoms with van der Waals surface area (Å²) in [5.41, 5.74) is 1.46. The minimum atomic E-state index is 0.105. The molecule has 0 N–H and O–H groups in total. The summed E-state index contributed by atoms with van der Waals surface area (Å²) in [7, 11) is 0. The Bertz CT molecular complexity index is 528. The Hall–Kier alpha value is -1.91. The molecular weight excluding hydrogens is 204 g/mol. The van der Waals surface area contributed by atoms with Crippen molar-refractivity contribution in [1.82, 2.24) is 19.5 Å². The maximum atomic E-state index is 12.1. The highest BCUT2D eigenvalue weighted by atomic mass is 16.2. The van der Waals surface area contributed by atoms with Gasteiger partial charge < -0.3 is 4.90 Å². The van der Waals surface area contributed by atoms with Crippen LogP contribution in [0.4, 0.5) is 0 Å². The molecule has 3 rings (SSSR count). The van der Waals surface area contributed by atoms with Gasteiger partial charge in [-0.25, -0.2) is 0 Å². The van der Waals surface area contributed by atoms with Crippen LogP contribution in [0.25, 0.3) is 5.65 Å². The van der Waals surface area contributed by atoms with E-state index < -0.39 is 0 Å². The molecule has 3 heterocycles. The van der Waals surface area contributed by atoms with E-state index in [1.807, 2.05) is 17.0 Å². The van der Waals surface area contributed by atoms with Gasteiger partial charge >= 0.3 is 0 Å². The Labute approximate surface area is 92.7 Å². The smallest absolute Gasteiger partial charge is 0.255 e. The van der Waals surface area contributed by atoms with Gasteiger partial charge in [-0.3, -0.25) is 9.20 Å². The van der Waals surface area contributed by atoms with Crippen molar-refractivity contribution in [3.63, 3.8) is 0 Å². The Kier molecular flexibility index (Phi) is 2.09. The highest BCUT2D eigenvalue weighted by molar-refractivity contribution is 5.94. The number of carbonyl (C=O) groups is 1. The number of carbonyl (C=O) groups excluding carboxylic acids is 1. The number of aromatic nitrogens is 3. The molecule has 0 atom stereocenters. The van der Waals surface area contributed by atoms with E-state index in [0.717, 1.165) is 31.6 Å². The summed E-state index contributed by atoms with van der Waals surface area (Å²) < 4.78 is 1.77. The molecule has 82 valence electrons. The summed E-state index contributed by atoms with van der Waals surface area (Å²) in [6.07, 6.45) is 5.62. The van der Waals surface area contributed by atoms with Crippen molar-refractivity contribution in [2.45, 2.75) is 12.8 Å². The van der Waals surface area contributed by atoms with Crippen molar-refractivity contribution in [2.75, 3.05) is 13.1 Å². The molecular formula is C11H12N4O. The number of hydrogen-bond acceptors (Lipinski definition) is 3. The van der Waals surface area contributed by atoms with Gasteiger partial charge in [0.2, 0.25) is 0 Å². The molecule has 1 aliphatic rings. The number of likely N-dealkylation sites (tertiary alicyclic amines) is 1. The van der Waals surface area contributed by atoms with Gasteiger partial charge in [-0.15, -0.1) is 10.2 Å². The van der Waals surface area contributed by atoms with Crippen LogP contribution < -0.4 is 0 Å². The van der Waals surface area contributed by atoms with Gasteiger partial charge in [0, 0.05) is 19.3 Å². The molecule has 0 aliphatic carbocycles. The van der Waals surface area contributed by atoms with E-state index in [9.17, 15) is 4.79 Å². The largest absolute Gasteiger partial charge is 0.339 e. The van der Waals surface area contributed by atoms with Crippen LogP contribution in [0.15, 0.2) is 24.7 Å². The average Bonchev–Trinajstić information content (AvgIpc) is 2.98. The Morgan fingerprint density at radius 3 is 2.88 bits per heavy atom. The lowest BCUT2D eigenvalue weighted by atomic mass is 10.2. The zero-order chi connectivity index (χ0) is 11.0. The topological polar surface area (TPSA) is 50.5 Å². The predicted octanol–water partition coefficient (Wildman–Crippen LogP) is 0.965. The van der Waals surface area contributed by atoms with Crippen LogP contribution in [0.3, 0.4) is 0 Å². The predicted molar refractivity (Wildman–Crippen MR) is 58.1 cm³/mol. The summed E-state index contributed by atoms with van der Waals surface area (Å²) in [5, 5.41) is 7.69. The fourth-order valence-corrected chi connectivity index (χ4v) is 2.06. The van der Waals surface area contributed by atoms with E-state index in [1.165, 1.54) is 0 Å². The van der Waals surface area contributed by atoms with Crippen molar-refractivity contribution in [1.29, 1.82) is 0 Å². The van der Waals surface area contributed by atoms with E-state index >= 15 is 0 Å². The average molecular weight is 216 g/mol. The highest BCUT2D eigenvalue weighted by Crippen LogP contribution is 2.13. The van der Waals surface area contributed by atoms with E-state index in [0.29, 0.717) is 5.56 Å². The molecule has 0 aromatic carbocycles. The van der Waals surface area contributed by atoms with Gasteiger partial charge in [0.1, 0.15) is 6.33 Å². The summed E-state index contributed by atoms with van der Waals surface area (Å²) in [5.74, 6) is 0.105. The number of nitrogens with zero attached hydrogens (tertiary/aromatic N) is 4. The van der Waals surface area contributed by atoms with Gasteiger partial charge in [-0.2, -0.15) is 0 Å². The maximum Gasteiger partial charge on any atom is 0.255 e. The molecule has 0 spiro atoms. The lowest BCUT2D eigenvalue weighted by Gasteiger charge is -2.14. The molecule has 0 radical (unpaired) electrons. The molecule has 2 aromatic heterocycles. The second-order valence-electron chi connectivity index (χ2n) is 4.01. The van der Waals surface area contributed by atoms with Crippen molar-refractivity contribution in [3.8, 4) is 0 Å². The highest BCUT2D eigenvalue weighted by Gasteiger charge is 2.19. The summed E-state index contributed by atoms with van der Waals surface area (Å²) in [4.78, 5) is 14.0. The van der Waals surface area contributed by atoms with Crippen LogP contribution in [0.1, 0.15) is 23.2 Å². The van der Waals surface area contributed by atoms with Crippen molar-refractivity contribution in [3.05, 3.63) is 30.2 Å². The molecule has 5 nitrogen and oxygen atoms in total. The van der Waals surface area contributed by atoms with Gasteiger partial charge in [0.25, 0.3) is 5.91 Å². The van der Waals surface area contributed by atoms with Crippen molar-refractivity contribution >= 4 is 11.6 Å². The fourth-order valence-electron chi connectivity index (χ4n) is 2.06. The first-order valence-corrected chi connectivity index (χ1v) is 5.43.